The van der Waals surface area contributed by atoms with Crippen LogP contribution in [0.3, 0.4) is 0 Å². The topological polar surface area (TPSA) is 127 Å². The minimum atomic E-state index is -4.98. The van der Waals surface area contributed by atoms with Crippen LogP contribution in [0.25, 0.3) is 11.4 Å². The Labute approximate surface area is 264 Å². The maximum absolute atomic E-state index is 14.5. The van der Waals surface area contributed by atoms with Crippen LogP contribution in [0.4, 0.5) is 49.1 Å². The highest BCUT2D eigenvalue weighted by atomic mass is 19.4. The Balaban J connectivity index is 1.69. The van der Waals surface area contributed by atoms with Crippen LogP contribution in [0.15, 0.2) is 108 Å². The van der Waals surface area contributed by atoms with Gasteiger partial charge in [0.05, 0.1) is 43.5 Å². The molecule has 2 amide bonds. The van der Waals surface area contributed by atoms with Crippen LogP contribution in [0.5, 0.6) is 0 Å². The second-order valence-corrected chi connectivity index (χ2v) is 10.4. The second kappa shape index (κ2) is 11.2. The average molecular weight is 666 g/mol. The first kappa shape index (κ1) is 31.7. The van der Waals surface area contributed by atoms with Crippen molar-refractivity contribution in [3.8, 4) is 0 Å². The Bertz CT molecular complexity index is 1960. The molecule has 48 heavy (non-hydrogen) atoms. The van der Waals surface area contributed by atoms with Gasteiger partial charge in [-0.25, -0.2) is 0 Å². The fourth-order valence-corrected chi connectivity index (χ4v) is 5.57. The van der Waals surface area contributed by atoms with Gasteiger partial charge in [0.15, 0.2) is 0 Å². The molecule has 10 nitrogen and oxygen atoms in total. The molecule has 0 aromatic heterocycles. The molecule has 6 rings (SSSR count). The Hall–Kier alpha value is -6.32. The molecule has 2 aliphatic rings. The van der Waals surface area contributed by atoms with Crippen molar-refractivity contribution in [2.45, 2.75) is 12.4 Å². The van der Waals surface area contributed by atoms with Gasteiger partial charge in [-0.15, -0.1) is 0 Å². The quantitative estimate of drug-likeness (QED) is 0.118. The van der Waals surface area contributed by atoms with Gasteiger partial charge in [-0.05, 0) is 35.4 Å². The Morgan fingerprint density at radius 3 is 1.15 bits per heavy atom. The number of rotatable bonds is 6. The summed E-state index contributed by atoms with van der Waals surface area (Å²) in [5, 5.41) is 24.2. The molecular weight excluding hydrogens is 650 g/mol. The highest BCUT2D eigenvalue weighted by molar-refractivity contribution is 6.41. The Morgan fingerprint density at radius 2 is 0.854 bits per heavy atom. The molecule has 0 fully saturated rings. The number of hydrogen-bond acceptors (Lipinski definition) is 6. The highest BCUT2D eigenvalue weighted by Gasteiger charge is 2.52. The first-order valence-corrected chi connectivity index (χ1v) is 13.6. The lowest BCUT2D eigenvalue weighted by Gasteiger charge is -2.25. The van der Waals surface area contributed by atoms with Gasteiger partial charge < -0.3 is 0 Å². The van der Waals surface area contributed by atoms with E-state index in [4.69, 9.17) is 0 Å². The predicted octanol–water partition coefficient (Wildman–Crippen LogP) is 7.76. The molecular formula is C32H16F6N4O6. The van der Waals surface area contributed by atoms with E-state index in [2.05, 4.69) is 0 Å². The highest BCUT2D eigenvalue weighted by Crippen LogP contribution is 2.52. The first-order valence-electron chi connectivity index (χ1n) is 13.6. The lowest BCUT2D eigenvalue weighted by Crippen LogP contribution is -2.30. The molecule has 0 spiro atoms. The van der Waals surface area contributed by atoms with Crippen LogP contribution >= 0.6 is 0 Å². The van der Waals surface area contributed by atoms with E-state index in [1.807, 2.05) is 0 Å². The van der Waals surface area contributed by atoms with Crippen molar-refractivity contribution in [1.29, 1.82) is 0 Å². The summed E-state index contributed by atoms with van der Waals surface area (Å²) in [7, 11) is 0. The molecule has 0 atom stereocenters. The number of nitro groups is 2. The zero-order valence-corrected chi connectivity index (χ0v) is 23.7. The number of anilines is 2. The number of halogens is 6. The number of hydrogen-bond donors (Lipinski definition) is 0. The monoisotopic (exact) mass is 666 g/mol. The summed E-state index contributed by atoms with van der Waals surface area (Å²) in [5.74, 6) is -2.23. The van der Waals surface area contributed by atoms with Crippen LogP contribution in [0.2, 0.25) is 0 Å². The molecule has 16 heteroatoms. The van der Waals surface area contributed by atoms with Crippen LogP contribution in [-0.2, 0) is 21.9 Å². The van der Waals surface area contributed by atoms with E-state index < -0.39 is 79.0 Å². The third-order valence-corrected chi connectivity index (χ3v) is 7.58. The van der Waals surface area contributed by atoms with E-state index in [1.54, 1.807) is 12.1 Å². The first-order chi connectivity index (χ1) is 22.6. The summed E-state index contributed by atoms with van der Waals surface area (Å²) in [6.45, 7) is 0. The third kappa shape index (κ3) is 5.12. The maximum Gasteiger partial charge on any atom is 0.416 e. The van der Waals surface area contributed by atoms with Crippen molar-refractivity contribution < 1.29 is 45.8 Å². The summed E-state index contributed by atoms with van der Waals surface area (Å²) in [4.78, 5) is 52.3. The fraction of sp³-hybridized carbons (Fsp3) is 0.0625. The number of fused-ring (bicyclic) bond motifs is 1. The summed E-state index contributed by atoms with van der Waals surface area (Å²) in [5.41, 5.74) is -7.46. The minimum absolute atomic E-state index is 0.106. The van der Waals surface area contributed by atoms with Crippen molar-refractivity contribution in [2.24, 2.45) is 0 Å². The molecule has 0 radical (unpaired) electrons. The van der Waals surface area contributed by atoms with Crippen LogP contribution in [-0.4, -0.2) is 21.7 Å². The van der Waals surface area contributed by atoms with Gasteiger partial charge in [0.1, 0.15) is 11.4 Å². The van der Waals surface area contributed by atoms with Crippen molar-refractivity contribution in [2.75, 3.05) is 9.80 Å². The molecule has 0 N–H and O–H groups in total. The van der Waals surface area contributed by atoms with Crippen molar-refractivity contribution in [1.82, 2.24) is 0 Å². The van der Waals surface area contributed by atoms with Gasteiger partial charge in [0, 0.05) is 12.1 Å². The number of carbonyl (C=O) groups excluding carboxylic acids is 2. The zero-order valence-electron chi connectivity index (χ0n) is 23.7. The second-order valence-electron chi connectivity index (χ2n) is 10.4. The standard InChI is InChI=1S/C32H16F6N4O6/c33-31(34,35)19-11-13-21(23(15-19)41(45)46)39-27(17-7-3-1-4-8-17)25-26(30(39)44)28(18-9-5-2-6-10-18)40(29(25)43)22-14-12-20(32(36,37)38)16-24(22)42(47)48/h1-16H. The summed E-state index contributed by atoms with van der Waals surface area (Å²) >= 11 is 0. The number of nitrogens with zero attached hydrogens (tertiary/aromatic N) is 4. The number of amides is 2. The molecule has 0 aliphatic carbocycles. The predicted molar refractivity (Wildman–Crippen MR) is 158 cm³/mol. The van der Waals surface area contributed by atoms with E-state index in [9.17, 15) is 56.2 Å². The lowest BCUT2D eigenvalue weighted by atomic mass is 10.0. The number of nitro benzene ring substituents is 2. The van der Waals surface area contributed by atoms with Crippen molar-refractivity contribution in [3.63, 3.8) is 0 Å². The van der Waals surface area contributed by atoms with Crippen LogP contribution < -0.4 is 9.80 Å². The fourth-order valence-electron chi connectivity index (χ4n) is 5.57. The summed E-state index contributed by atoms with van der Waals surface area (Å²) in [6, 6.07) is 17.8. The number of carbonyl (C=O) groups is 2. The molecule has 0 saturated heterocycles. The molecule has 2 aliphatic heterocycles. The molecule has 0 saturated carbocycles. The van der Waals surface area contributed by atoms with Gasteiger partial charge in [-0.2, -0.15) is 26.3 Å². The van der Waals surface area contributed by atoms with Gasteiger partial charge in [-0.1, -0.05) is 60.7 Å². The van der Waals surface area contributed by atoms with E-state index in [0.29, 0.717) is 12.1 Å². The van der Waals surface area contributed by atoms with E-state index in [0.717, 1.165) is 21.9 Å². The van der Waals surface area contributed by atoms with Gasteiger partial charge >= 0.3 is 12.4 Å². The van der Waals surface area contributed by atoms with Gasteiger partial charge in [-0.3, -0.25) is 39.6 Å². The number of benzene rings is 4. The lowest BCUT2D eigenvalue weighted by molar-refractivity contribution is -0.384. The van der Waals surface area contributed by atoms with Gasteiger partial charge in [0.25, 0.3) is 23.2 Å². The molecule has 0 unspecified atom stereocenters. The maximum atomic E-state index is 14.5. The molecule has 2 heterocycles. The third-order valence-electron chi connectivity index (χ3n) is 7.58. The van der Waals surface area contributed by atoms with E-state index >= 15 is 0 Å². The normalized spacial score (nSPS) is 15.0. The largest absolute Gasteiger partial charge is 0.416 e. The van der Waals surface area contributed by atoms with E-state index in [1.165, 1.54) is 48.5 Å². The summed E-state index contributed by atoms with van der Waals surface area (Å²) in [6.07, 6.45) is -9.96. The van der Waals surface area contributed by atoms with Crippen LogP contribution in [0, 0.1) is 20.2 Å². The van der Waals surface area contributed by atoms with E-state index in [-0.39, 0.29) is 34.7 Å². The minimum Gasteiger partial charge on any atom is -0.269 e. The van der Waals surface area contributed by atoms with Crippen molar-refractivity contribution in [3.05, 3.63) is 151 Å². The molecule has 4 aromatic carbocycles. The summed E-state index contributed by atoms with van der Waals surface area (Å²) < 4.78 is 81.2. The zero-order chi connectivity index (χ0) is 34.7. The molecule has 242 valence electrons. The number of alkyl halides is 6. The smallest absolute Gasteiger partial charge is 0.269 e. The molecule has 0 bridgehead atoms. The van der Waals surface area contributed by atoms with Crippen LogP contribution in [0.1, 0.15) is 22.3 Å². The SMILES string of the molecule is O=C1C2=C(c3ccccc3)N(c3ccc(C(F)(F)F)cc3[N+](=O)[O-])C(=O)C2=C(c2ccccc2)N1c1ccc(C(F)(F)F)cc1[N+](=O)[O-]. The Kier molecular flexibility index (Phi) is 7.37. The molecule has 4 aromatic rings. The Morgan fingerprint density at radius 1 is 0.521 bits per heavy atom. The van der Waals surface area contributed by atoms with Crippen molar-refractivity contribution >= 4 is 46.0 Å². The average Bonchev–Trinajstić information content (AvgIpc) is 3.51. The van der Waals surface area contributed by atoms with Gasteiger partial charge in [0.2, 0.25) is 0 Å².